The Morgan fingerprint density at radius 1 is 1.38 bits per heavy atom. The van der Waals surface area contributed by atoms with E-state index in [1.807, 2.05) is 13.8 Å². The lowest BCUT2D eigenvalue weighted by atomic mass is 10.3. The maximum Gasteiger partial charge on any atom is 0.411 e. The van der Waals surface area contributed by atoms with Gasteiger partial charge in [0.1, 0.15) is 0 Å². The highest BCUT2D eigenvalue weighted by atomic mass is 16.7. The molecule has 94 valence electrons. The fourth-order valence-electron chi connectivity index (χ4n) is 1.16. The lowest BCUT2D eigenvalue weighted by Crippen LogP contribution is -2.25. The number of hydrogen-bond acceptors (Lipinski definition) is 4. The van der Waals surface area contributed by atoms with Crippen LogP contribution in [0.3, 0.4) is 0 Å². The summed E-state index contributed by atoms with van der Waals surface area (Å²) >= 11 is 0. The van der Waals surface area contributed by atoms with Crippen molar-refractivity contribution in [3.8, 4) is 0 Å². The Labute approximate surface area is 96.8 Å². The molecule has 0 unspecified atom stereocenters. The van der Waals surface area contributed by atoms with Crippen LogP contribution in [0.2, 0.25) is 0 Å². The van der Waals surface area contributed by atoms with E-state index in [0.29, 0.717) is 19.8 Å². The number of hydrogen-bond donors (Lipinski definition) is 1. The van der Waals surface area contributed by atoms with Crippen molar-refractivity contribution in [1.29, 1.82) is 0 Å². The summed E-state index contributed by atoms with van der Waals surface area (Å²) in [5, 5.41) is 2.58. The van der Waals surface area contributed by atoms with Gasteiger partial charge in [0.2, 0.25) is 0 Å². The fourth-order valence-corrected chi connectivity index (χ4v) is 1.16. The summed E-state index contributed by atoms with van der Waals surface area (Å²) in [6, 6.07) is 0. The zero-order chi connectivity index (χ0) is 12.2. The van der Waals surface area contributed by atoms with E-state index >= 15 is 0 Å². The molecule has 1 N–H and O–H groups in total. The maximum absolute atomic E-state index is 10.9. The average molecular weight is 231 g/mol. The molecule has 5 nitrogen and oxygen atoms in total. The smallest absolute Gasteiger partial charge is 0.411 e. The molecule has 0 rings (SSSR count). The van der Waals surface area contributed by atoms with E-state index in [1.165, 1.54) is 0 Å². The van der Waals surface area contributed by atoms with E-state index in [1.54, 1.807) is 0 Å². The van der Waals surface area contributed by atoms with Gasteiger partial charge < -0.3 is 19.5 Å². The Morgan fingerprint density at radius 3 is 2.50 bits per heavy atom. The van der Waals surface area contributed by atoms with Crippen LogP contribution < -0.4 is 5.32 Å². The predicted molar refractivity (Wildman–Crippen MR) is 61.0 cm³/mol. The van der Waals surface area contributed by atoms with Gasteiger partial charge in [-0.2, -0.15) is 0 Å². The first-order valence-electron chi connectivity index (χ1n) is 5.53. The highest BCUT2D eigenvalue weighted by Gasteiger charge is 2.07. The fraction of sp³-hybridized carbons (Fsp3) is 0.727. The molecule has 1 amide bonds. The second-order valence-electron chi connectivity index (χ2n) is 2.98. The van der Waals surface area contributed by atoms with Crippen LogP contribution in [0.25, 0.3) is 0 Å². The Hall–Kier alpha value is -1.07. The normalized spacial score (nSPS) is 10.2. The third-order valence-corrected chi connectivity index (χ3v) is 1.78. The zero-order valence-electron chi connectivity index (χ0n) is 10.0. The Bertz CT molecular complexity index is 190. The van der Waals surface area contributed by atoms with E-state index in [-0.39, 0.29) is 6.29 Å². The summed E-state index contributed by atoms with van der Waals surface area (Å²) in [6.45, 7) is 8.90. The second-order valence-corrected chi connectivity index (χ2v) is 2.98. The minimum Gasteiger partial charge on any atom is -0.419 e. The van der Waals surface area contributed by atoms with Crippen molar-refractivity contribution in [2.75, 3.05) is 19.8 Å². The van der Waals surface area contributed by atoms with E-state index in [2.05, 4.69) is 16.6 Å². The monoisotopic (exact) mass is 231 g/mol. The lowest BCUT2D eigenvalue weighted by molar-refractivity contribution is -0.139. The van der Waals surface area contributed by atoms with Gasteiger partial charge >= 0.3 is 6.09 Å². The number of carbonyl (C=O) groups excluding carboxylic acids is 1. The molecule has 0 heterocycles. The Kier molecular flexibility index (Phi) is 9.75. The lowest BCUT2D eigenvalue weighted by Gasteiger charge is -2.16. The molecule has 0 aromatic heterocycles. The SMILES string of the molecule is C=COC(=O)NCCCC(OCC)OCC. The van der Waals surface area contributed by atoms with E-state index < -0.39 is 6.09 Å². The van der Waals surface area contributed by atoms with Gasteiger partial charge in [-0.25, -0.2) is 4.79 Å². The number of carbonyl (C=O) groups is 1. The minimum atomic E-state index is -0.487. The largest absolute Gasteiger partial charge is 0.419 e. The highest BCUT2D eigenvalue weighted by molar-refractivity contribution is 5.67. The van der Waals surface area contributed by atoms with E-state index in [0.717, 1.165) is 19.1 Å². The molecule has 0 radical (unpaired) electrons. The van der Waals surface area contributed by atoms with Crippen molar-refractivity contribution in [3.05, 3.63) is 12.8 Å². The topological polar surface area (TPSA) is 56.8 Å². The molecule has 0 aliphatic rings. The first-order valence-corrected chi connectivity index (χ1v) is 5.53. The van der Waals surface area contributed by atoms with Gasteiger partial charge in [-0.05, 0) is 20.3 Å². The molecular weight excluding hydrogens is 210 g/mol. The minimum absolute atomic E-state index is 0.188. The van der Waals surface area contributed by atoms with Crippen LogP contribution in [0.1, 0.15) is 26.7 Å². The first kappa shape index (κ1) is 14.9. The molecular formula is C11H21NO4. The van der Waals surface area contributed by atoms with Crippen molar-refractivity contribution in [2.24, 2.45) is 0 Å². The molecule has 0 spiro atoms. The predicted octanol–water partition coefficient (Wildman–Crippen LogP) is 2.04. The van der Waals surface area contributed by atoms with Crippen LogP contribution in [0.5, 0.6) is 0 Å². The third-order valence-electron chi connectivity index (χ3n) is 1.78. The molecule has 0 saturated heterocycles. The van der Waals surface area contributed by atoms with Crippen LogP contribution in [-0.2, 0) is 14.2 Å². The summed E-state index contributed by atoms with van der Waals surface area (Å²) in [5.41, 5.74) is 0. The zero-order valence-corrected chi connectivity index (χ0v) is 10.0. The van der Waals surface area contributed by atoms with Gasteiger partial charge in [0.05, 0.1) is 6.26 Å². The van der Waals surface area contributed by atoms with Gasteiger partial charge in [0, 0.05) is 26.2 Å². The van der Waals surface area contributed by atoms with Gasteiger partial charge in [-0.1, -0.05) is 6.58 Å². The van der Waals surface area contributed by atoms with Crippen LogP contribution in [-0.4, -0.2) is 32.1 Å². The second kappa shape index (κ2) is 10.4. The molecule has 0 aliphatic heterocycles. The van der Waals surface area contributed by atoms with Gasteiger partial charge in [0.15, 0.2) is 6.29 Å². The highest BCUT2D eigenvalue weighted by Crippen LogP contribution is 2.03. The molecule has 0 aliphatic carbocycles. The van der Waals surface area contributed by atoms with Crippen LogP contribution in [0, 0.1) is 0 Å². The molecule has 0 bridgehead atoms. The summed E-state index contributed by atoms with van der Waals surface area (Å²) < 4.78 is 15.2. The maximum atomic E-state index is 10.9. The van der Waals surface area contributed by atoms with Crippen molar-refractivity contribution in [2.45, 2.75) is 33.0 Å². The number of rotatable bonds is 9. The van der Waals surface area contributed by atoms with Crippen molar-refractivity contribution in [3.63, 3.8) is 0 Å². The molecule has 0 atom stereocenters. The van der Waals surface area contributed by atoms with Gasteiger partial charge in [-0.15, -0.1) is 0 Å². The number of alkyl carbamates (subject to hydrolysis) is 1. The number of amides is 1. The number of nitrogens with one attached hydrogen (secondary N) is 1. The van der Waals surface area contributed by atoms with E-state index in [4.69, 9.17) is 9.47 Å². The molecule has 0 aromatic rings. The Balaban J connectivity index is 3.52. The average Bonchev–Trinajstić information content (AvgIpc) is 2.25. The quantitative estimate of drug-likeness (QED) is 0.375. The van der Waals surface area contributed by atoms with Crippen molar-refractivity contribution >= 4 is 6.09 Å². The molecule has 5 heteroatoms. The van der Waals surface area contributed by atoms with E-state index in [9.17, 15) is 4.79 Å². The first-order chi connectivity index (χ1) is 7.74. The number of ether oxygens (including phenoxy) is 3. The third kappa shape index (κ3) is 8.26. The standard InChI is InChI=1S/C11H21NO4/c1-4-14-10(15-5-2)8-7-9-12-11(13)16-6-3/h6,10H,3-5,7-9H2,1-2H3,(H,12,13). The van der Waals surface area contributed by atoms with Crippen LogP contribution in [0.4, 0.5) is 4.79 Å². The molecule has 0 saturated carbocycles. The van der Waals surface area contributed by atoms with Crippen LogP contribution in [0.15, 0.2) is 12.8 Å². The summed E-state index contributed by atoms with van der Waals surface area (Å²) in [6.07, 6.45) is 1.94. The Morgan fingerprint density at radius 2 is 2.00 bits per heavy atom. The summed E-state index contributed by atoms with van der Waals surface area (Å²) in [7, 11) is 0. The summed E-state index contributed by atoms with van der Waals surface area (Å²) in [4.78, 5) is 10.9. The summed E-state index contributed by atoms with van der Waals surface area (Å²) in [5.74, 6) is 0. The van der Waals surface area contributed by atoms with Crippen molar-refractivity contribution in [1.82, 2.24) is 5.32 Å². The molecule has 0 aromatic carbocycles. The molecule has 0 fully saturated rings. The van der Waals surface area contributed by atoms with Gasteiger partial charge in [-0.3, -0.25) is 0 Å². The van der Waals surface area contributed by atoms with Gasteiger partial charge in [0.25, 0.3) is 0 Å². The molecule has 16 heavy (non-hydrogen) atoms. The van der Waals surface area contributed by atoms with Crippen LogP contribution >= 0.6 is 0 Å². The van der Waals surface area contributed by atoms with Crippen molar-refractivity contribution < 1.29 is 19.0 Å².